The standard InChI is InChI=1S/C12H14N2/c1-9-2-3-12(11(6-9)7-13)10-4-5-14-8-10/h2-3,6,10,14H,4-5,8H2,1H3. The van der Waals surface area contributed by atoms with Crippen LogP contribution >= 0.6 is 0 Å². The van der Waals surface area contributed by atoms with Gasteiger partial charge in [0.2, 0.25) is 0 Å². The average Bonchev–Trinajstić information content (AvgIpc) is 2.70. The van der Waals surface area contributed by atoms with Crippen LogP contribution in [-0.4, -0.2) is 13.1 Å². The highest BCUT2D eigenvalue weighted by Gasteiger charge is 2.19. The monoisotopic (exact) mass is 186 g/mol. The van der Waals surface area contributed by atoms with E-state index in [4.69, 9.17) is 5.26 Å². The highest BCUT2D eigenvalue weighted by atomic mass is 14.9. The van der Waals surface area contributed by atoms with Crippen LogP contribution in [0.1, 0.15) is 29.0 Å². The number of hydrogen-bond acceptors (Lipinski definition) is 2. The molecule has 1 fully saturated rings. The molecule has 14 heavy (non-hydrogen) atoms. The maximum absolute atomic E-state index is 9.03. The Bertz CT molecular complexity index is 370. The summed E-state index contributed by atoms with van der Waals surface area (Å²) in [6, 6.07) is 8.46. The van der Waals surface area contributed by atoms with Crippen molar-refractivity contribution in [2.45, 2.75) is 19.3 Å². The molecule has 2 heteroatoms. The molecule has 1 atom stereocenters. The van der Waals surface area contributed by atoms with Crippen molar-refractivity contribution in [1.29, 1.82) is 5.26 Å². The molecule has 1 aromatic carbocycles. The molecule has 1 saturated heterocycles. The summed E-state index contributed by atoms with van der Waals surface area (Å²) in [5.74, 6) is 0.533. The molecule has 1 aromatic rings. The highest BCUT2D eigenvalue weighted by Crippen LogP contribution is 2.25. The molecule has 0 radical (unpaired) electrons. The van der Waals surface area contributed by atoms with Crippen molar-refractivity contribution in [2.24, 2.45) is 0 Å². The summed E-state index contributed by atoms with van der Waals surface area (Å²) in [6.07, 6.45) is 1.15. The van der Waals surface area contributed by atoms with E-state index in [1.807, 2.05) is 13.0 Å². The van der Waals surface area contributed by atoms with Crippen LogP contribution in [0, 0.1) is 18.3 Å². The van der Waals surface area contributed by atoms with Crippen LogP contribution in [0.15, 0.2) is 18.2 Å². The lowest BCUT2D eigenvalue weighted by atomic mass is 9.93. The first-order valence-electron chi connectivity index (χ1n) is 5.02. The predicted octanol–water partition coefficient (Wildman–Crippen LogP) is 1.94. The van der Waals surface area contributed by atoms with Crippen molar-refractivity contribution >= 4 is 0 Å². The molecule has 2 nitrogen and oxygen atoms in total. The van der Waals surface area contributed by atoms with E-state index in [1.54, 1.807) is 0 Å². The summed E-state index contributed by atoms with van der Waals surface area (Å²) in [5.41, 5.74) is 3.22. The number of nitrogens with one attached hydrogen (secondary N) is 1. The van der Waals surface area contributed by atoms with Gasteiger partial charge in [0, 0.05) is 6.54 Å². The first-order valence-corrected chi connectivity index (χ1v) is 5.02. The second kappa shape index (κ2) is 3.81. The molecule has 1 unspecified atom stereocenters. The zero-order valence-corrected chi connectivity index (χ0v) is 8.38. The lowest BCUT2D eigenvalue weighted by molar-refractivity contribution is 0.760. The van der Waals surface area contributed by atoms with Crippen molar-refractivity contribution in [2.75, 3.05) is 13.1 Å². The molecule has 1 aliphatic rings. The van der Waals surface area contributed by atoms with E-state index in [-0.39, 0.29) is 0 Å². The average molecular weight is 186 g/mol. The van der Waals surface area contributed by atoms with E-state index < -0.39 is 0 Å². The molecule has 1 heterocycles. The summed E-state index contributed by atoms with van der Waals surface area (Å²) in [7, 11) is 0. The van der Waals surface area contributed by atoms with Crippen LogP contribution < -0.4 is 5.32 Å². The van der Waals surface area contributed by atoms with E-state index in [0.717, 1.165) is 30.6 Å². The third kappa shape index (κ3) is 1.64. The smallest absolute Gasteiger partial charge is 0.0994 e. The van der Waals surface area contributed by atoms with Crippen molar-refractivity contribution in [3.63, 3.8) is 0 Å². The first kappa shape index (κ1) is 9.23. The zero-order chi connectivity index (χ0) is 9.97. The van der Waals surface area contributed by atoms with E-state index in [2.05, 4.69) is 23.5 Å². The fourth-order valence-corrected chi connectivity index (χ4v) is 2.04. The molecule has 0 spiro atoms. The molecule has 1 N–H and O–H groups in total. The zero-order valence-electron chi connectivity index (χ0n) is 8.38. The Balaban J connectivity index is 2.37. The summed E-state index contributed by atoms with van der Waals surface area (Å²) < 4.78 is 0. The van der Waals surface area contributed by atoms with E-state index in [9.17, 15) is 0 Å². The number of nitrogens with zero attached hydrogens (tertiary/aromatic N) is 1. The summed E-state index contributed by atoms with van der Waals surface area (Å²) >= 11 is 0. The normalized spacial score (nSPS) is 20.7. The Hall–Kier alpha value is -1.33. The predicted molar refractivity (Wildman–Crippen MR) is 56.1 cm³/mol. The third-order valence-electron chi connectivity index (χ3n) is 2.83. The molecule has 0 saturated carbocycles. The first-order chi connectivity index (χ1) is 6.81. The lowest BCUT2D eigenvalue weighted by Crippen LogP contribution is -2.08. The van der Waals surface area contributed by atoms with Crippen molar-refractivity contribution in [3.05, 3.63) is 34.9 Å². The van der Waals surface area contributed by atoms with Gasteiger partial charge in [-0.2, -0.15) is 5.26 Å². The Morgan fingerprint density at radius 1 is 1.50 bits per heavy atom. The van der Waals surface area contributed by atoms with Crippen molar-refractivity contribution < 1.29 is 0 Å². The number of rotatable bonds is 1. The van der Waals surface area contributed by atoms with E-state index >= 15 is 0 Å². The summed E-state index contributed by atoms with van der Waals surface area (Å²) in [5, 5.41) is 12.4. The van der Waals surface area contributed by atoms with Gasteiger partial charge in [-0.1, -0.05) is 12.1 Å². The molecule has 2 rings (SSSR count). The number of benzene rings is 1. The van der Waals surface area contributed by atoms with Gasteiger partial charge in [0.15, 0.2) is 0 Å². The van der Waals surface area contributed by atoms with E-state index in [1.165, 1.54) is 5.56 Å². The number of aryl methyl sites for hydroxylation is 1. The molecular formula is C12H14N2. The number of hydrogen-bond donors (Lipinski definition) is 1. The Kier molecular flexibility index (Phi) is 2.51. The second-order valence-corrected chi connectivity index (χ2v) is 3.89. The van der Waals surface area contributed by atoms with Gasteiger partial charge in [0.1, 0.15) is 0 Å². The van der Waals surface area contributed by atoms with Crippen LogP contribution in [0.2, 0.25) is 0 Å². The second-order valence-electron chi connectivity index (χ2n) is 3.89. The molecule has 0 aromatic heterocycles. The molecule has 0 bridgehead atoms. The molecular weight excluding hydrogens is 172 g/mol. The van der Waals surface area contributed by atoms with E-state index in [0.29, 0.717) is 5.92 Å². The highest BCUT2D eigenvalue weighted by molar-refractivity contribution is 5.42. The minimum absolute atomic E-state index is 0.533. The quantitative estimate of drug-likeness (QED) is 0.727. The Labute approximate surface area is 84.6 Å². The maximum Gasteiger partial charge on any atom is 0.0994 e. The maximum atomic E-state index is 9.03. The van der Waals surface area contributed by atoms with Crippen LogP contribution in [0.25, 0.3) is 0 Å². The molecule has 0 amide bonds. The van der Waals surface area contributed by atoms with Gasteiger partial charge < -0.3 is 5.32 Å². The SMILES string of the molecule is Cc1ccc(C2CCNC2)c(C#N)c1. The van der Waals surface area contributed by atoms with Gasteiger partial charge >= 0.3 is 0 Å². The summed E-state index contributed by atoms with van der Waals surface area (Å²) in [4.78, 5) is 0. The number of nitriles is 1. The Morgan fingerprint density at radius 2 is 2.36 bits per heavy atom. The van der Waals surface area contributed by atoms with Gasteiger partial charge in [-0.25, -0.2) is 0 Å². The van der Waals surface area contributed by atoms with Crippen molar-refractivity contribution in [3.8, 4) is 6.07 Å². The van der Waals surface area contributed by atoms with Crippen molar-refractivity contribution in [1.82, 2.24) is 5.32 Å². The van der Waals surface area contributed by atoms with Gasteiger partial charge in [-0.05, 0) is 43.0 Å². The van der Waals surface area contributed by atoms with Crippen LogP contribution in [0.5, 0.6) is 0 Å². The van der Waals surface area contributed by atoms with Gasteiger partial charge in [0.05, 0.1) is 11.6 Å². The van der Waals surface area contributed by atoms with Crippen LogP contribution in [0.3, 0.4) is 0 Å². The third-order valence-corrected chi connectivity index (χ3v) is 2.83. The Morgan fingerprint density at radius 3 is 3.00 bits per heavy atom. The lowest BCUT2D eigenvalue weighted by Gasteiger charge is -2.10. The van der Waals surface area contributed by atoms with Gasteiger partial charge in [0.25, 0.3) is 0 Å². The fourth-order valence-electron chi connectivity index (χ4n) is 2.04. The van der Waals surface area contributed by atoms with Crippen LogP contribution in [0.4, 0.5) is 0 Å². The fraction of sp³-hybridized carbons (Fsp3) is 0.417. The van der Waals surface area contributed by atoms with Gasteiger partial charge in [-0.15, -0.1) is 0 Å². The molecule has 1 aliphatic heterocycles. The molecule has 72 valence electrons. The minimum Gasteiger partial charge on any atom is -0.316 e. The minimum atomic E-state index is 0.533. The van der Waals surface area contributed by atoms with Gasteiger partial charge in [-0.3, -0.25) is 0 Å². The molecule has 0 aliphatic carbocycles. The summed E-state index contributed by atoms with van der Waals surface area (Å²) in [6.45, 7) is 4.11. The topological polar surface area (TPSA) is 35.8 Å². The van der Waals surface area contributed by atoms with Crippen LogP contribution in [-0.2, 0) is 0 Å². The largest absolute Gasteiger partial charge is 0.316 e.